The Morgan fingerprint density at radius 2 is 2.22 bits per heavy atom. The van der Waals surface area contributed by atoms with Crippen molar-refractivity contribution >= 4 is 37.8 Å². The van der Waals surface area contributed by atoms with Gasteiger partial charge < -0.3 is 10.6 Å². The van der Waals surface area contributed by atoms with Gasteiger partial charge in [-0.15, -0.1) is 0 Å². The lowest BCUT2D eigenvalue weighted by molar-refractivity contribution is 0.0925. The largest absolute Gasteiger partial charge is 0.349 e. The maximum absolute atomic E-state index is 12.2. The highest BCUT2D eigenvalue weighted by atomic mass is 79.9. The Morgan fingerprint density at radius 1 is 1.44 bits per heavy atom. The monoisotopic (exact) mass is 374 g/mol. The SMILES string of the molecule is CC1CC(NC(=O)c2cc(Br)ccc2Br)CCN1. The Hall–Kier alpha value is -0.390. The molecule has 3 nitrogen and oxygen atoms in total. The second kappa shape index (κ2) is 6.17. The van der Waals surface area contributed by atoms with Crippen LogP contribution in [0.2, 0.25) is 0 Å². The average molecular weight is 376 g/mol. The molecule has 1 aliphatic rings. The van der Waals surface area contributed by atoms with E-state index in [4.69, 9.17) is 0 Å². The van der Waals surface area contributed by atoms with Crippen molar-refractivity contribution in [3.05, 3.63) is 32.7 Å². The fourth-order valence-corrected chi connectivity index (χ4v) is 2.99. The Morgan fingerprint density at radius 3 is 2.94 bits per heavy atom. The van der Waals surface area contributed by atoms with Crippen LogP contribution in [0.4, 0.5) is 0 Å². The number of benzene rings is 1. The number of halogens is 2. The molecule has 1 aromatic carbocycles. The summed E-state index contributed by atoms with van der Waals surface area (Å²) in [6.45, 7) is 3.11. The third-order valence-electron chi connectivity index (χ3n) is 3.13. The molecule has 2 unspecified atom stereocenters. The van der Waals surface area contributed by atoms with Gasteiger partial charge in [0, 0.05) is 21.0 Å². The molecule has 2 atom stereocenters. The zero-order valence-corrected chi connectivity index (χ0v) is 13.3. The number of hydrogen-bond acceptors (Lipinski definition) is 2. The van der Waals surface area contributed by atoms with Gasteiger partial charge in [-0.2, -0.15) is 0 Å². The Labute approximate surface area is 124 Å². The number of carbonyl (C=O) groups excluding carboxylic acids is 1. The molecule has 1 fully saturated rings. The molecule has 1 aromatic rings. The van der Waals surface area contributed by atoms with Gasteiger partial charge in [0.2, 0.25) is 0 Å². The van der Waals surface area contributed by atoms with Gasteiger partial charge in [0.15, 0.2) is 0 Å². The summed E-state index contributed by atoms with van der Waals surface area (Å²) in [7, 11) is 0. The maximum atomic E-state index is 12.2. The van der Waals surface area contributed by atoms with Crippen molar-refractivity contribution in [1.29, 1.82) is 0 Å². The van der Waals surface area contributed by atoms with E-state index in [1.54, 1.807) is 0 Å². The summed E-state index contributed by atoms with van der Waals surface area (Å²) in [4.78, 5) is 12.2. The second-order valence-electron chi connectivity index (χ2n) is 4.67. The molecule has 5 heteroatoms. The van der Waals surface area contributed by atoms with Crippen molar-refractivity contribution < 1.29 is 4.79 Å². The fourth-order valence-electron chi connectivity index (χ4n) is 2.20. The summed E-state index contributed by atoms with van der Waals surface area (Å²) < 4.78 is 1.74. The van der Waals surface area contributed by atoms with E-state index in [1.165, 1.54) is 0 Å². The van der Waals surface area contributed by atoms with E-state index in [0.29, 0.717) is 11.6 Å². The van der Waals surface area contributed by atoms with Crippen LogP contribution < -0.4 is 10.6 Å². The van der Waals surface area contributed by atoms with E-state index in [-0.39, 0.29) is 11.9 Å². The highest BCUT2D eigenvalue weighted by Gasteiger charge is 2.21. The first-order valence-electron chi connectivity index (χ1n) is 6.05. The van der Waals surface area contributed by atoms with Crippen molar-refractivity contribution in [3.63, 3.8) is 0 Å². The van der Waals surface area contributed by atoms with Crippen molar-refractivity contribution in [2.45, 2.75) is 31.8 Å². The predicted octanol–water partition coefficient (Wildman–Crippen LogP) is 3.08. The van der Waals surface area contributed by atoms with Gasteiger partial charge in [-0.3, -0.25) is 4.79 Å². The standard InChI is InChI=1S/C13H16Br2N2O/c1-8-6-10(4-5-16-8)17-13(18)11-7-9(14)2-3-12(11)15/h2-3,7-8,10,16H,4-6H2,1H3,(H,17,18). The van der Waals surface area contributed by atoms with Gasteiger partial charge in [0.25, 0.3) is 5.91 Å². The van der Waals surface area contributed by atoms with E-state index < -0.39 is 0 Å². The lowest BCUT2D eigenvalue weighted by atomic mass is 10.0. The number of piperidine rings is 1. The van der Waals surface area contributed by atoms with Crippen molar-refractivity contribution in [2.75, 3.05) is 6.54 Å². The van der Waals surface area contributed by atoms with E-state index in [9.17, 15) is 4.79 Å². The lowest BCUT2D eigenvalue weighted by Crippen LogP contribution is -2.46. The lowest BCUT2D eigenvalue weighted by Gasteiger charge is -2.28. The topological polar surface area (TPSA) is 41.1 Å². The molecule has 1 aliphatic heterocycles. The van der Waals surface area contributed by atoms with Gasteiger partial charge in [-0.05, 0) is 60.4 Å². The fraction of sp³-hybridized carbons (Fsp3) is 0.462. The number of hydrogen-bond donors (Lipinski definition) is 2. The maximum Gasteiger partial charge on any atom is 0.252 e. The molecule has 0 bridgehead atoms. The molecule has 0 aromatic heterocycles. The van der Waals surface area contributed by atoms with E-state index in [2.05, 4.69) is 49.4 Å². The average Bonchev–Trinajstić information content (AvgIpc) is 2.32. The molecule has 2 N–H and O–H groups in total. The Kier molecular flexibility index (Phi) is 4.81. The van der Waals surface area contributed by atoms with Crippen LogP contribution in [0.5, 0.6) is 0 Å². The Bertz CT molecular complexity index is 451. The van der Waals surface area contributed by atoms with Gasteiger partial charge in [-0.25, -0.2) is 0 Å². The Balaban J connectivity index is 2.05. The van der Waals surface area contributed by atoms with Gasteiger partial charge >= 0.3 is 0 Å². The predicted molar refractivity (Wildman–Crippen MR) is 79.8 cm³/mol. The van der Waals surface area contributed by atoms with Crippen LogP contribution in [0.15, 0.2) is 27.1 Å². The number of rotatable bonds is 2. The van der Waals surface area contributed by atoms with E-state index in [1.807, 2.05) is 18.2 Å². The van der Waals surface area contributed by atoms with Crippen LogP contribution in [0, 0.1) is 0 Å². The molecule has 1 amide bonds. The first-order chi connectivity index (χ1) is 8.56. The minimum atomic E-state index is -0.0118. The molecule has 1 saturated heterocycles. The number of nitrogens with one attached hydrogen (secondary N) is 2. The summed E-state index contributed by atoms with van der Waals surface area (Å²) >= 11 is 6.80. The molecule has 0 spiro atoms. The zero-order valence-electron chi connectivity index (χ0n) is 10.2. The van der Waals surface area contributed by atoms with Gasteiger partial charge in [0.1, 0.15) is 0 Å². The number of amides is 1. The zero-order chi connectivity index (χ0) is 13.1. The van der Waals surface area contributed by atoms with Gasteiger partial charge in [0.05, 0.1) is 5.56 Å². The van der Waals surface area contributed by atoms with Gasteiger partial charge in [-0.1, -0.05) is 15.9 Å². The van der Waals surface area contributed by atoms with Crippen LogP contribution in [-0.2, 0) is 0 Å². The van der Waals surface area contributed by atoms with Crippen LogP contribution in [-0.4, -0.2) is 24.5 Å². The molecule has 1 heterocycles. The summed E-state index contributed by atoms with van der Waals surface area (Å²) in [5.74, 6) is -0.0118. The van der Waals surface area contributed by atoms with Crippen LogP contribution in [0.1, 0.15) is 30.1 Å². The van der Waals surface area contributed by atoms with Crippen molar-refractivity contribution in [1.82, 2.24) is 10.6 Å². The summed E-state index contributed by atoms with van der Waals surface area (Å²) in [5.41, 5.74) is 0.676. The molecule has 0 aliphatic carbocycles. The molecular weight excluding hydrogens is 360 g/mol. The van der Waals surface area contributed by atoms with Crippen LogP contribution in [0.25, 0.3) is 0 Å². The molecular formula is C13H16Br2N2O. The first kappa shape index (κ1) is 14.0. The minimum Gasteiger partial charge on any atom is -0.349 e. The molecule has 98 valence electrons. The second-order valence-corrected chi connectivity index (χ2v) is 6.44. The third kappa shape index (κ3) is 3.56. The molecule has 18 heavy (non-hydrogen) atoms. The third-order valence-corrected chi connectivity index (χ3v) is 4.32. The number of carbonyl (C=O) groups is 1. The van der Waals surface area contributed by atoms with Crippen molar-refractivity contribution in [2.24, 2.45) is 0 Å². The van der Waals surface area contributed by atoms with Crippen LogP contribution in [0.3, 0.4) is 0 Å². The summed E-state index contributed by atoms with van der Waals surface area (Å²) in [6, 6.07) is 6.36. The summed E-state index contributed by atoms with van der Waals surface area (Å²) in [5, 5.41) is 6.48. The molecule has 0 saturated carbocycles. The van der Waals surface area contributed by atoms with Crippen LogP contribution >= 0.6 is 31.9 Å². The van der Waals surface area contributed by atoms with E-state index in [0.717, 1.165) is 28.3 Å². The molecule has 2 rings (SSSR count). The first-order valence-corrected chi connectivity index (χ1v) is 7.64. The van der Waals surface area contributed by atoms with E-state index >= 15 is 0 Å². The minimum absolute atomic E-state index is 0.0118. The smallest absolute Gasteiger partial charge is 0.252 e. The summed E-state index contributed by atoms with van der Waals surface area (Å²) in [6.07, 6.45) is 1.97. The van der Waals surface area contributed by atoms with Crippen molar-refractivity contribution in [3.8, 4) is 0 Å². The highest BCUT2D eigenvalue weighted by Crippen LogP contribution is 2.22. The molecule has 0 radical (unpaired) electrons. The highest BCUT2D eigenvalue weighted by molar-refractivity contribution is 9.11. The quantitative estimate of drug-likeness (QED) is 0.833. The normalized spacial score (nSPS) is 23.7.